The van der Waals surface area contributed by atoms with Gasteiger partial charge in [-0.05, 0) is 50.3 Å². The van der Waals surface area contributed by atoms with Gasteiger partial charge in [-0.3, -0.25) is 14.4 Å². The molecule has 0 radical (unpaired) electrons. The van der Waals surface area contributed by atoms with Gasteiger partial charge in [-0.2, -0.15) is 23.5 Å². The summed E-state index contributed by atoms with van der Waals surface area (Å²) in [4.78, 5) is 17.1. The number of alkyl halides is 3. The maximum Gasteiger partial charge on any atom is 0.417 e. The number of halogens is 3. The van der Waals surface area contributed by atoms with Crippen LogP contribution in [0.4, 0.5) is 18.9 Å². The number of hydrogen-bond donors (Lipinski definition) is 1. The van der Waals surface area contributed by atoms with Crippen LogP contribution in [-0.4, -0.2) is 53.8 Å². The second-order valence-corrected chi connectivity index (χ2v) is 9.95. The van der Waals surface area contributed by atoms with Gasteiger partial charge in [0.15, 0.2) is 0 Å². The molecule has 4 rings (SSSR count). The highest BCUT2D eigenvalue weighted by Crippen LogP contribution is 2.46. The van der Waals surface area contributed by atoms with Gasteiger partial charge in [0.25, 0.3) is 0 Å². The molecule has 2 fully saturated rings. The SMILES string of the molecule is CNC(=O)C1CN(Cc2cnn(C(C)C)c2)CC12CCN(c1ccc(C#N)c(C(F)(F)F)c1)CC2. The number of nitrogens with zero attached hydrogens (tertiary/aromatic N) is 5. The van der Waals surface area contributed by atoms with Crippen LogP contribution >= 0.6 is 0 Å². The van der Waals surface area contributed by atoms with Crippen LogP contribution in [0.1, 0.15) is 49.4 Å². The Bertz CT molecular complexity index is 1110. The minimum atomic E-state index is -4.59. The fourth-order valence-corrected chi connectivity index (χ4v) is 5.51. The zero-order valence-electron chi connectivity index (χ0n) is 20.3. The zero-order chi connectivity index (χ0) is 25.4. The number of anilines is 1. The molecule has 1 amide bonds. The molecule has 10 heteroatoms. The molecule has 1 aromatic heterocycles. The molecule has 2 aliphatic heterocycles. The summed E-state index contributed by atoms with van der Waals surface area (Å²) in [5, 5.41) is 16.3. The van der Waals surface area contributed by atoms with E-state index in [-0.39, 0.29) is 28.8 Å². The fourth-order valence-electron chi connectivity index (χ4n) is 5.51. The van der Waals surface area contributed by atoms with E-state index in [1.54, 1.807) is 19.2 Å². The number of hydrogen-bond acceptors (Lipinski definition) is 5. The molecule has 1 N–H and O–H groups in total. The molecule has 2 aliphatic rings. The van der Waals surface area contributed by atoms with Crippen LogP contribution in [-0.2, 0) is 17.5 Å². The molecule has 2 aromatic rings. The largest absolute Gasteiger partial charge is 0.417 e. The summed E-state index contributed by atoms with van der Waals surface area (Å²) in [7, 11) is 1.65. The van der Waals surface area contributed by atoms with Gasteiger partial charge in [-0.1, -0.05) is 0 Å². The van der Waals surface area contributed by atoms with Crippen molar-refractivity contribution < 1.29 is 18.0 Å². The van der Waals surface area contributed by atoms with Crippen molar-refractivity contribution >= 4 is 11.6 Å². The second-order valence-electron chi connectivity index (χ2n) is 9.95. The molecule has 0 saturated carbocycles. The summed E-state index contributed by atoms with van der Waals surface area (Å²) in [5.41, 5.74) is 0.0424. The Labute approximate surface area is 203 Å². The Balaban J connectivity index is 1.50. The fraction of sp³-hybridized carbons (Fsp3) is 0.560. The number of nitriles is 1. The van der Waals surface area contributed by atoms with E-state index in [9.17, 15) is 18.0 Å². The number of benzene rings is 1. The molecule has 1 atom stereocenters. The lowest BCUT2D eigenvalue weighted by Crippen LogP contribution is -2.48. The van der Waals surface area contributed by atoms with Crippen LogP contribution in [0.15, 0.2) is 30.6 Å². The number of aromatic nitrogens is 2. The average molecular weight is 489 g/mol. The lowest BCUT2D eigenvalue weighted by molar-refractivity contribution is -0.137. The van der Waals surface area contributed by atoms with Gasteiger partial charge < -0.3 is 10.2 Å². The maximum atomic E-state index is 13.4. The van der Waals surface area contributed by atoms with Crippen molar-refractivity contribution in [1.82, 2.24) is 20.0 Å². The van der Waals surface area contributed by atoms with Crippen molar-refractivity contribution in [3.05, 3.63) is 47.3 Å². The normalized spacial score (nSPS) is 20.4. The van der Waals surface area contributed by atoms with Crippen LogP contribution in [0, 0.1) is 22.7 Å². The summed E-state index contributed by atoms with van der Waals surface area (Å²) < 4.78 is 42.3. The quantitative estimate of drug-likeness (QED) is 0.693. The summed E-state index contributed by atoms with van der Waals surface area (Å²) in [5.74, 6) is -0.168. The number of nitrogens with one attached hydrogen (secondary N) is 1. The third-order valence-electron chi connectivity index (χ3n) is 7.42. The first kappa shape index (κ1) is 25.0. The molecule has 35 heavy (non-hydrogen) atoms. The highest BCUT2D eigenvalue weighted by atomic mass is 19.4. The number of amides is 1. The topological polar surface area (TPSA) is 77.2 Å². The van der Waals surface area contributed by atoms with E-state index in [1.807, 2.05) is 22.0 Å². The maximum absolute atomic E-state index is 13.4. The zero-order valence-corrected chi connectivity index (χ0v) is 20.3. The molecular weight excluding hydrogens is 457 g/mol. The first-order valence-electron chi connectivity index (χ1n) is 11.9. The molecule has 2 saturated heterocycles. The van der Waals surface area contributed by atoms with Gasteiger partial charge in [-0.25, -0.2) is 0 Å². The van der Waals surface area contributed by atoms with Gasteiger partial charge in [0.2, 0.25) is 5.91 Å². The van der Waals surface area contributed by atoms with Gasteiger partial charge in [0, 0.05) is 63.3 Å². The number of piperidine rings is 1. The third kappa shape index (κ3) is 5.01. The van der Waals surface area contributed by atoms with E-state index < -0.39 is 11.7 Å². The van der Waals surface area contributed by atoms with Crippen molar-refractivity contribution in [1.29, 1.82) is 5.26 Å². The highest BCUT2D eigenvalue weighted by molar-refractivity contribution is 5.80. The molecule has 1 aromatic carbocycles. The van der Waals surface area contributed by atoms with Crippen LogP contribution < -0.4 is 10.2 Å². The predicted octanol–water partition coefficient (Wildman–Crippen LogP) is 3.82. The summed E-state index contributed by atoms with van der Waals surface area (Å²) in [6.07, 6.45) is 0.724. The monoisotopic (exact) mass is 488 g/mol. The van der Waals surface area contributed by atoms with Crippen LogP contribution in [0.25, 0.3) is 0 Å². The summed E-state index contributed by atoms with van der Waals surface area (Å²) in [6, 6.07) is 5.80. The first-order valence-corrected chi connectivity index (χ1v) is 11.9. The molecule has 0 bridgehead atoms. The highest BCUT2D eigenvalue weighted by Gasteiger charge is 2.51. The number of likely N-dealkylation sites (tertiary alicyclic amines) is 1. The molecule has 0 aliphatic carbocycles. The molecule has 7 nitrogen and oxygen atoms in total. The van der Waals surface area contributed by atoms with E-state index in [1.165, 1.54) is 6.07 Å². The van der Waals surface area contributed by atoms with E-state index in [0.717, 1.165) is 18.2 Å². The minimum absolute atomic E-state index is 0.0107. The lowest BCUT2D eigenvalue weighted by Gasteiger charge is -2.43. The minimum Gasteiger partial charge on any atom is -0.371 e. The van der Waals surface area contributed by atoms with E-state index >= 15 is 0 Å². The van der Waals surface area contributed by atoms with Crippen molar-refractivity contribution in [3.8, 4) is 6.07 Å². The van der Waals surface area contributed by atoms with Gasteiger partial charge >= 0.3 is 6.18 Å². The van der Waals surface area contributed by atoms with E-state index in [2.05, 4.69) is 29.2 Å². The lowest BCUT2D eigenvalue weighted by atomic mass is 9.70. The first-order chi connectivity index (χ1) is 16.6. The van der Waals surface area contributed by atoms with Crippen molar-refractivity contribution in [2.24, 2.45) is 11.3 Å². The van der Waals surface area contributed by atoms with Crippen LogP contribution in [0.2, 0.25) is 0 Å². The van der Waals surface area contributed by atoms with Crippen molar-refractivity contribution in [3.63, 3.8) is 0 Å². The van der Waals surface area contributed by atoms with Gasteiger partial charge in [0.1, 0.15) is 0 Å². The smallest absolute Gasteiger partial charge is 0.371 e. The van der Waals surface area contributed by atoms with Gasteiger partial charge in [-0.15, -0.1) is 0 Å². The Morgan fingerprint density at radius 2 is 2.03 bits per heavy atom. The molecule has 188 valence electrons. The Hall–Kier alpha value is -3.06. The summed E-state index contributed by atoms with van der Waals surface area (Å²) in [6.45, 7) is 7.35. The molecule has 3 heterocycles. The number of carbonyl (C=O) groups is 1. The van der Waals surface area contributed by atoms with Crippen LogP contribution in [0.3, 0.4) is 0 Å². The number of carbonyl (C=O) groups excluding carboxylic acids is 1. The molecule has 1 spiro atoms. The second kappa shape index (κ2) is 9.53. The van der Waals surface area contributed by atoms with Gasteiger partial charge in [0.05, 0.1) is 29.3 Å². The van der Waals surface area contributed by atoms with Crippen molar-refractivity contribution in [2.45, 2.75) is 45.5 Å². The third-order valence-corrected chi connectivity index (χ3v) is 7.42. The Morgan fingerprint density at radius 1 is 1.31 bits per heavy atom. The van der Waals surface area contributed by atoms with Crippen LogP contribution in [0.5, 0.6) is 0 Å². The van der Waals surface area contributed by atoms with Crippen molar-refractivity contribution in [2.75, 3.05) is 38.1 Å². The Kier molecular flexibility index (Phi) is 6.82. The standard InChI is InChI=1S/C25H31F3N6O/c1-17(2)34-14-18(12-31-34)13-32-15-22(23(35)30-3)24(16-32)6-8-33(9-7-24)20-5-4-19(11-29)21(10-20)25(26,27)28/h4-5,10,12,14,17,22H,6-9,13,15-16H2,1-3H3,(H,30,35). The Morgan fingerprint density at radius 3 is 2.60 bits per heavy atom. The molecule has 1 unspecified atom stereocenters. The average Bonchev–Trinajstić information content (AvgIpc) is 3.43. The predicted molar refractivity (Wildman–Crippen MR) is 125 cm³/mol. The molecular formula is C25H31F3N6O. The number of rotatable bonds is 5. The summed E-state index contributed by atoms with van der Waals surface area (Å²) >= 11 is 0. The van der Waals surface area contributed by atoms with E-state index in [0.29, 0.717) is 44.7 Å². The van der Waals surface area contributed by atoms with E-state index in [4.69, 9.17) is 5.26 Å².